The van der Waals surface area contributed by atoms with Crippen LogP contribution in [-0.2, 0) is 11.3 Å². The summed E-state index contributed by atoms with van der Waals surface area (Å²) in [6.07, 6.45) is 0. The standard InChI is InChI=1S/C13H18BrN3O2/c1-3-15-12(18)9(2)17-13(19)16-8-10-5-4-6-11(14)7-10/h4-7,9H,3,8H2,1-2H3,(H,15,18)(H2,16,17,19). The summed E-state index contributed by atoms with van der Waals surface area (Å²) in [5.74, 6) is -0.194. The molecule has 1 unspecified atom stereocenters. The zero-order valence-electron chi connectivity index (χ0n) is 11.0. The van der Waals surface area contributed by atoms with Gasteiger partial charge in [-0.25, -0.2) is 4.79 Å². The average molecular weight is 328 g/mol. The molecule has 19 heavy (non-hydrogen) atoms. The summed E-state index contributed by atoms with van der Waals surface area (Å²) in [5.41, 5.74) is 0.982. The number of urea groups is 1. The molecule has 0 heterocycles. The van der Waals surface area contributed by atoms with Gasteiger partial charge in [0.05, 0.1) is 0 Å². The lowest BCUT2D eigenvalue weighted by molar-refractivity contribution is -0.122. The van der Waals surface area contributed by atoms with Gasteiger partial charge in [0.25, 0.3) is 0 Å². The number of nitrogens with one attached hydrogen (secondary N) is 3. The highest BCUT2D eigenvalue weighted by molar-refractivity contribution is 9.10. The molecule has 0 saturated carbocycles. The number of likely N-dealkylation sites (N-methyl/N-ethyl adjacent to an activating group) is 1. The Hall–Kier alpha value is -1.56. The number of benzene rings is 1. The van der Waals surface area contributed by atoms with E-state index in [1.54, 1.807) is 6.92 Å². The minimum Gasteiger partial charge on any atom is -0.355 e. The van der Waals surface area contributed by atoms with Crippen molar-refractivity contribution in [2.24, 2.45) is 0 Å². The van der Waals surface area contributed by atoms with Crippen LogP contribution in [0.15, 0.2) is 28.7 Å². The number of rotatable bonds is 5. The molecule has 6 heteroatoms. The first-order valence-corrected chi connectivity index (χ1v) is 6.88. The van der Waals surface area contributed by atoms with E-state index in [0.717, 1.165) is 10.0 Å². The van der Waals surface area contributed by atoms with Crippen molar-refractivity contribution in [3.8, 4) is 0 Å². The first-order valence-electron chi connectivity index (χ1n) is 6.09. The molecular formula is C13H18BrN3O2. The van der Waals surface area contributed by atoms with E-state index >= 15 is 0 Å². The maximum Gasteiger partial charge on any atom is 0.315 e. The second-order valence-electron chi connectivity index (χ2n) is 4.07. The van der Waals surface area contributed by atoms with Gasteiger partial charge in [0.1, 0.15) is 6.04 Å². The van der Waals surface area contributed by atoms with Gasteiger partial charge in [-0.15, -0.1) is 0 Å². The Morgan fingerprint density at radius 3 is 2.68 bits per heavy atom. The van der Waals surface area contributed by atoms with Gasteiger partial charge in [-0.2, -0.15) is 0 Å². The third-order valence-corrected chi connectivity index (χ3v) is 2.93. The Kier molecular flexibility index (Phi) is 6.35. The molecule has 104 valence electrons. The van der Waals surface area contributed by atoms with Gasteiger partial charge in [0.2, 0.25) is 5.91 Å². The van der Waals surface area contributed by atoms with Crippen LogP contribution in [-0.4, -0.2) is 24.5 Å². The summed E-state index contributed by atoms with van der Waals surface area (Å²) in [5, 5.41) is 7.92. The largest absolute Gasteiger partial charge is 0.355 e. The molecule has 3 N–H and O–H groups in total. The molecule has 1 atom stereocenters. The third kappa shape index (κ3) is 5.74. The average Bonchev–Trinajstić information content (AvgIpc) is 2.36. The highest BCUT2D eigenvalue weighted by atomic mass is 79.9. The van der Waals surface area contributed by atoms with Crippen molar-refractivity contribution < 1.29 is 9.59 Å². The molecule has 0 aromatic heterocycles. The van der Waals surface area contributed by atoms with Crippen LogP contribution >= 0.6 is 15.9 Å². The summed E-state index contributed by atoms with van der Waals surface area (Å²) in [7, 11) is 0. The predicted molar refractivity (Wildman–Crippen MR) is 77.7 cm³/mol. The zero-order valence-corrected chi connectivity index (χ0v) is 12.6. The molecular weight excluding hydrogens is 310 g/mol. The molecule has 0 aliphatic heterocycles. The summed E-state index contributed by atoms with van der Waals surface area (Å²) < 4.78 is 0.961. The lowest BCUT2D eigenvalue weighted by Crippen LogP contribution is -2.48. The molecule has 0 radical (unpaired) electrons. The zero-order chi connectivity index (χ0) is 14.3. The lowest BCUT2D eigenvalue weighted by atomic mass is 10.2. The summed E-state index contributed by atoms with van der Waals surface area (Å²) in [4.78, 5) is 23.0. The maximum absolute atomic E-state index is 11.6. The fraction of sp³-hybridized carbons (Fsp3) is 0.385. The molecule has 0 aliphatic carbocycles. The van der Waals surface area contributed by atoms with E-state index in [0.29, 0.717) is 13.1 Å². The van der Waals surface area contributed by atoms with Crippen molar-refractivity contribution in [2.45, 2.75) is 26.4 Å². The second-order valence-corrected chi connectivity index (χ2v) is 4.99. The van der Waals surface area contributed by atoms with E-state index in [9.17, 15) is 9.59 Å². The summed E-state index contributed by atoms with van der Waals surface area (Å²) in [6.45, 7) is 4.43. The SMILES string of the molecule is CCNC(=O)C(C)NC(=O)NCc1cccc(Br)c1. The van der Waals surface area contributed by atoms with E-state index < -0.39 is 6.04 Å². The fourth-order valence-corrected chi connectivity index (χ4v) is 1.92. The number of carbonyl (C=O) groups excluding carboxylic acids is 2. The monoisotopic (exact) mass is 327 g/mol. The highest BCUT2D eigenvalue weighted by Crippen LogP contribution is 2.11. The van der Waals surface area contributed by atoms with Gasteiger partial charge in [-0.1, -0.05) is 28.1 Å². The summed E-state index contributed by atoms with van der Waals surface area (Å²) >= 11 is 3.36. The van der Waals surface area contributed by atoms with Gasteiger partial charge >= 0.3 is 6.03 Å². The van der Waals surface area contributed by atoms with Gasteiger partial charge in [-0.3, -0.25) is 4.79 Å². The Morgan fingerprint density at radius 2 is 2.05 bits per heavy atom. The topological polar surface area (TPSA) is 70.2 Å². The minimum absolute atomic E-state index is 0.194. The second kappa shape index (κ2) is 7.78. The third-order valence-electron chi connectivity index (χ3n) is 2.43. The van der Waals surface area contributed by atoms with E-state index in [1.807, 2.05) is 31.2 Å². The van der Waals surface area contributed by atoms with Gasteiger partial charge in [-0.05, 0) is 31.5 Å². The normalized spacial score (nSPS) is 11.5. The molecule has 0 fully saturated rings. The van der Waals surface area contributed by atoms with Crippen molar-refractivity contribution in [3.63, 3.8) is 0 Å². The van der Waals surface area contributed by atoms with Gasteiger partial charge in [0, 0.05) is 17.6 Å². The maximum atomic E-state index is 11.6. The van der Waals surface area contributed by atoms with Crippen LogP contribution in [0.4, 0.5) is 4.79 Å². The van der Waals surface area contributed by atoms with Crippen LogP contribution < -0.4 is 16.0 Å². The van der Waals surface area contributed by atoms with Crippen molar-refractivity contribution in [2.75, 3.05) is 6.54 Å². The van der Waals surface area contributed by atoms with Crippen molar-refractivity contribution in [3.05, 3.63) is 34.3 Å². The molecule has 0 spiro atoms. The van der Waals surface area contributed by atoms with E-state index in [4.69, 9.17) is 0 Å². The molecule has 1 aromatic carbocycles. The number of hydrogen-bond acceptors (Lipinski definition) is 2. The van der Waals surface area contributed by atoms with Crippen LogP contribution in [0.5, 0.6) is 0 Å². The number of hydrogen-bond donors (Lipinski definition) is 3. The van der Waals surface area contributed by atoms with Crippen molar-refractivity contribution >= 4 is 27.9 Å². The van der Waals surface area contributed by atoms with Crippen LogP contribution in [0.3, 0.4) is 0 Å². The molecule has 1 aromatic rings. The smallest absolute Gasteiger partial charge is 0.315 e. The van der Waals surface area contributed by atoms with Crippen LogP contribution in [0.25, 0.3) is 0 Å². The highest BCUT2D eigenvalue weighted by Gasteiger charge is 2.13. The quantitative estimate of drug-likeness (QED) is 0.771. The summed E-state index contributed by atoms with van der Waals surface area (Å²) in [6, 6.07) is 6.74. The minimum atomic E-state index is -0.553. The molecule has 0 saturated heterocycles. The molecule has 0 bridgehead atoms. The van der Waals surface area contributed by atoms with Crippen LogP contribution in [0, 0.1) is 0 Å². The Labute approximate surface area is 121 Å². The van der Waals surface area contributed by atoms with E-state index in [1.165, 1.54) is 0 Å². The Morgan fingerprint density at radius 1 is 1.32 bits per heavy atom. The first kappa shape index (κ1) is 15.5. The molecule has 0 aliphatic rings. The van der Waals surface area contributed by atoms with Crippen LogP contribution in [0.1, 0.15) is 19.4 Å². The fourth-order valence-electron chi connectivity index (χ4n) is 1.47. The molecule has 3 amide bonds. The Bertz CT molecular complexity index is 451. The number of halogens is 1. The predicted octanol–water partition coefficient (Wildman–Crippen LogP) is 1.77. The molecule has 5 nitrogen and oxygen atoms in total. The van der Waals surface area contributed by atoms with Gasteiger partial charge < -0.3 is 16.0 Å². The van der Waals surface area contributed by atoms with E-state index in [2.05, 4.69) is 31.9 Å². The number of amides is 3. The lowest BCUT2D eigenvalue weighted by Gasteiger charge is -2.14. The van der Waals surface area contributed by atoms with Gasteiger partial charge in [0.15, 0.2) is 0 Å². The number of carbonyl (C=O) groups is 2. The van der Waals surface area contributed by atoms with E-state index in [-0.39, 0.29) is 11.9 Å². The van der Waals surface area contributed by atoms with Crippen molar-refractivity contribution in [1.29, 1.82) is 0 Å². The van der Waals surface area contributed by atoms with Crippen LogP contribution in [0.2, 0.25) is 0 Å². The Balaban J connectivity index is 2.37. The first-order chi connectivity index (χ1) is 9.02. The molecule has 1 rings (SSSR count). The van der Waals surface area contributed by atoms with Crippen molar-refractivity contribution in [1.82, 2.24) is 16.0 Å².